The summed E-state index contributed by atoms with van der Waals surface area (Å²) in [5.74, 6) is 0.719. The minimum atomic E-state index is -0.0987. The molecule has 0 amide bonds. The van der Waals surface area contributed by atoms with Crippen LogP contribution in [0.1, 0.15) is 44.7 Å². The number of rotatable bonds is 6. The molecule has 0 unspecified atom stereocenters. The molecule has 7 nitrogen and oxygen atoms in total. The van der Waals surface area contributed by atoms with Gasteiger partial charge in [0.05, 0.1) is 23.3 Å². The first-order chi connectivity index (χ1) is 21.1. The van der Waals surface area contributed by atoms with E-state index >= 15 is 0 Å². The van der Waals surface area contributed by atoms with E-state index in [4.69, 9.17) is 9.72 Å². The third kappa shape index (κ3) is 5.38. The molecule has 2 aromatic carbocycles. The average molecular weight is 574 g/mol. The van der Waals surface area contributed by atoms with Gasteiger partial charge in [-0.1, -0.05) is 18.6 Å². The van der Waals surface area contributed by atoms with Crippen LogP contribution >= 0.6 is 0 Å². The van der Waals surface area contributed by atoms with E-state index in [1.807, 2.05) is 44.4 Å². The summed E-state index contributed by atoms with van der Waals surface area (Å²) in [5.41, 5.74) is 6.50. The van der Waals surface area contributed by atoms with Crippen molar-refractivity contribution in [2.45, 2.75) is 52.0 Å². The quantitative estimate of drug-likeness (QED) is 0.209. The predicted molar refractivity (Wildman–Crippen MR) is 175 cm³/mol. The van der Waals surface area contributed by atoms with Gasteiger partial charge >= 0.3 is 0 Å². The second-order valence-corrected chi connectivity index (χ2v) is 11.9. The van der Waals surface area contributed by atoms with Gasteiger partial charge in [-0.2, -0.15) is 0 Å². The lowest BCUT2D eigenvalue weighted by molar-refractivity contribution is 0.141. The van der Waals surface area contributed by atoms with Crippen molar-refractivity contribution in [3.05, 3.63) is 89.1 Å². The molecule has 7 heteroatoms. The maximum absolute atomic E-state index is 13.7. The maximum atomic E-state index is 13.7. The van der Waals surface area contributed by atoms with Gasteiger partial charge in [0.25, 0.3) is 5.56 Å². The average Bonchev–Trinajstić information content (AvgIpc) is 3.05. The molecule has 0 saturated carbocycles. The molecule has 2 saturated heterocycles. The van der Waals surface area contributed by atoms with E-state index in [-0.39, 0.29) is 5.56 Å². The molecular formula is C36H39N5O2. The fourth-order valence-corrected chi connectivity index (χ4v) is 6.90. The molecule has 0 atom stereocenters. The van der Waals surface area contributed by atoms with Crippen LogP contribution in [0.3, 0.4) is 0 Å². The molecule has 0 radical (unpaired) electrons. The summed E-state index contributed by atoms with van der Waals surface area (Å²) in [4.78, 5) is 28.1. The summed E-state index contributed by atoms with van der Waals surface area (Å²) in [7, 11) is 0. The minimum absolute atomic E-state index is 0.0987. The molecule has 5 aromatic rings. The number of benzene rings is 2. The number of likely N-dealkylation sites (tertiary alicyclic amines) is 1. The molecule has 43 heavy (non-hydrogen) atoms. The van der Waals surface area contributed by atoms with Crippen molar-refractivity contribution < 1.29 is 4.74 Å². The maximum Gasteiger partial charge on any atom is 0.255 e. The molecule has 2 aliphatic rings. The Balaban J connectivity index is 1.29. The fourth-order valence-electron chi connectivity index (χ4n) is 6.90. The van der Waals surface area contributed by atoms with Crippen LogP contribution in [0.5, 0.6) is 5.75 Å². The Morgan fingerprint density at radius 3 is 2.42 bits per heavy atom. The minimum Gasteiger partial charge on any atom is -0.492 e. The number of piperidine rings is 2. The third-order valence-corrected chi connectivity index (χ3v) is 9.18. The number of nitrogens with zero attached hydrogens (tertiary/aromatic N) is 5. The van der Waals surface area contributed by atoms with Crippen molar-refractivity contribution >= 4 is 27.5 Å². The molecule has 7 rings (SSSR count). The van der Waals surface area contributed by atoms with E-state index in [1.54, 1.807) is 10.6 Å². The number of ether oxygens (including phenoxy) is 1. The number of pyridine rings is 3. The lowest BCUT2D eigenvalue weighted by Crippen LogP contribution is -2.46. The smallest absolute Gasteiger partial charge is 0.255 e. The topological polar surface area (TPSA) is 63.5 Å². The van der Waals surface area contributed by atoms with Crippen molar-refractivity contribution in [1.82, 2.24) is 19.4 Å². The molecule has 3 aromatic heterocycles. The number of anilines is 1. The first-order valence-electron chi connectivity index (χ1n) is 15.7. The summed E-state index contributed by atoms with van der Waals surface area (Å²) in [6.45, 7) is 9.07. The van der Waals surface area contributed by atoms with Crippen LogP contribution < -0.4 is 15.2 Å². The van der Waals surface area contributed by atoms with Crippen LogP contribution in [-0.2, 0) is 0 Å². The molecule has 2 aliphatic heterocycles. The Hall–Kier alpha value is -4.23. The van der Waals surface area contributed by atoms with E-state index in [2.05, 4.69) is 51.2 Å². The molecule has 0 bridgehead atoms. The number of hydrogen-bond donors (Lipinski definition) is 0. The van der Waals surface area contributed by atoms with Crippen molar-refractivity contribution in [2.75, 3.05) is 37.7 Å². The van der Waals surface area contributed by atoms with Gasteiger partial charge in [0.1, 0.15) is 5.75 Å². The van der Waals surface area contributed by atoms with Gasteiger partial charge < -0.3 is 14.5 Å². The lowest BCUT2D eigenvalue weighted by Gasteiger charge is -2.41. The molecule has 220 valence electrons. The second kappa shape index (κ2) is 11.8. The highest BCUT2D eigenvalue weighted by Gasteiger charge is 2.26. The Labute approximate surface area is 252 Å². The number of hydrogen-bond acceptors (Lipinski definition) is 6. The SMILES string of the molecule is CCOc1cc(N2CCC(N3CCCCC3)CC2)ccc1-n1c(=O)ccc2cnc3ccc(-c4ccc(C)nc4)cc3c21. The Kier molecular flexibility index (Phi) is 7.58. The number of fused-ring (bicyclic) bond motifs is 3. The van der Waals surface area contributed by atoms with Gasteiger partial charge in [-0.25, -0.2) is 0 Å². The van der Waals surface area contributed by atoms with Crippen LogP contribution in [-0.4, -0.2) is 58.3 Å². The van der Waals surface area contributed by atoms with Crippen LogP contribution in [0.2, 0.25) is 0 Å². The summed E-state index contributed by atoms with van der Waals surface area (Å²) >= 11 is 0. The van der Waals surface area contributed by atoms with Crippen LogP contribution in [0.15, 0.2) is 77.9 Å². The standard InChI is InChI=1S/C36H39N5O2/c1-3-43-34-22-30(40-19-15-29(16-20-40)39-17-5-4-6-18-39)11-13-33(34)41-35(42)14-10-28-24-38-32-12-9-26(21-31(32)36(28)41)27-8-7-25(2)37-23-27/h7-14,21-24,29H,3-6,15-20H2,1-2H3. The molecular weight excluding hydrogens is 534 g/mol. The third-order valence-electron chi connectivity index (χ3n) is 9.18. The molecule has 0 N–H and O–H groups in total. The van der Waals surface area contributed by atoms with Crippen molar-refractivity contribution in [2.24, 2.45) is 0 Å². The molecule has 5 heterocycles. The monoisotopic (exact) mass is 573 g/mol. The number of aryl methyl sites for hydroxylation is 1. The molecule has 0 spiro atoms. The molecule has 2 fully saturated rings. The fraction of sp³-hybridized carbons (Fsp3) is 0.361. The second-order valence-electron chi connectivity index (χ2n) is 11.9. The van der Waals surface area contributed by atoms with Gasteiger partial charge in [0.15, 0.2) is 0 Å². The zero-order chi connectivity index (χ0) is 29.3. The summed E-state index contributed by atoms with van der Waals surface area (Å²) < 4.78 is 8.04. The van der Waals surface area contributed by atoms with Gasteiger partial charge in [0, 0.05) is 71.4 Å². The lowest BCUT2D eigenvalue weighted by atomic mass is 9.99. The highest BCUT2D eigenvalue weighted by molar-refractivity contribution is 6.05. The normalized spacial score (nSPS) is 16.7. The van der Waals surface area contributed by atoms with E-state index in [0.29, 0.717) is 12.6 Å². The van der Waals surface area contributed by atoms with Gasteiger partial charge in [-0.15, -0.1) is 0 Å². The van der Waals surface area contributed by atoms with Gasteiger partial charge in [-0.3, -0.25) is 19.3 Å². The Bertz CT molecular complexity index is 1820. The zero-order valence-corrected chi connectivity index (χ0v) is 25.1. The van der Waals surface area contributed by atoms with E-state index in [9.17, 15) is 4.79 Å². The van der Waals surface area contributed by atoms with E-state index in [0.717, 1.165) is 68.8 Å². The highest BCUT2D eigenvalue weighted by Crippen LogP contribution is 2.35. The molecule has 0 aliphatic carbocycles. The first kappa shape index (κ1) is 27.6. The highest BCUT2D eigenvalue weighted by atomic mass is 16.5. The zero-order valence-electron chi connectivity index (χ0n) is 25.1. The summed E-state index contributed by atoms with van der Waals surface area (Å²) in [6, 6.07) is 20.8. The van der Waals surface area contributed by atoms with Crippen LogP contribution in [0.4, 0.5) is 5.69 Å². The van der Waals surface area contributed by atoms with Crippen molar-refractivity contribution in [3.63, 3.8) is 0 Å². The predicted octanol–water partition coefficient (Wildman–Crippen LogP) is 6.76. The van der Waals surface area contributed by atoms with Crippen molar-refractivity contribution in [1.29, 1.82) is 0 Å². The van der Waals surface area contributed by atoms with E-state index < -0.39 is 0 Å². The van der Waals surface area contributed by atoms with Gasteiger partial charge in [-0.05, 0) is 94.6 Å². The largest absolute Gasteiger partial charge is 0.492 e. The van der Waals surface area contributed by atoms with E-state index in [1.165, 1.54) is 45.2 Å². The van der Waals surface area contributed by atoms with Crippen LogP contribution in [0, 0.1) is 6.92 Å². The summed E-state index contributed by atoms with van der Waals surface area (Å²) in [6.07, 6.45) is 10.2. The van der Waals surface area contributed by atoms with Gasteiger partial charge in [0.2, 0.25) is 0 Å². The Morgan fingerprint density at radius 2 is 1.65 bits per heavy atom. The van der Waals surface area contributed by atoms with Crippen LogP contribution in [0.25, 0.3) is 38.6 Å². The van der Waals surface area contributed by atoms with Crippen molar-refractivity contribution in [3.8, 4) is 22.6 Å². The Morgan fingerprint density at radius 1 is 0.837 bits per heavy atom. The number of aromatic nitrogens is 3. The first-order valence-corrected chi connectivity index (χ1v) is 15.7. The summed E-state index contributed by atoms with van der Waals surface area (Å²) in [5, 5.41) is 1.82.